The maximum absolute atomic E-state index is 12.0. The zero-order chi connectivity index (χ0) is 17.5. The SMILES string of the molecule is CC(C)C(N)C(=O)Nc1ccc(NC(=O)CN2CCOCC2)cc1.Cl.Cl. The standard InChI is InChI=1S/C17H26N4O3.2ClH/c1-12(2)16(18)17(23)20-14-5-3-13(4-6-14)19-15(22)11-21-7-9-24-10-8-21;;/h3-6,12,16H,7-11,18H2,1-2H3,(H,19,22)(H,20,23);2*1H. The molecule has 4 N–H and O–H groups in total. The molecule has 0 spiro atoms. The lowest BCUT2D eigenvalue weighted by molar-refractivity contribution is -0.119. The van der Waals surface area contributed by atoms with Gasteiger partial charge >= 0.3 is 0 Å². The molecule has 1 aliphatic rings. The zero-order valence-corrected chi connectivity index (χ0v) is 16.7. The summed E-state index contributed by atoms with van der Waals surface area (Å²) in [7, 11) is 0. The fourth-order valence-electron chi connectivity index (χ4n) is 2.33. The molecule has 1 aromatic rings. The number of nitrogens with two attached hydrogens (primary N) is 1. The first-order chi connectivity index (χ1) is 11.5. The zero-order valence-electron chi connectivity index (χ0n) is 15.1. The van der Waals surface area contributed by atoms with Crippen LogP contribution in [-0.2, 0) is 14.3 Å². The Morgan fingerprint density at radius 1 is 1.08 bits per heavy atom. The van der Waals surface area contributed by atoms with Crippen LogP contribution in [0, 0.1) is 5.92 Å². The maximum atomic E-state index is 12.0. The monoisotopic (exact) mass is 406 g/mol. The third-order valence-corrected chi connectivity index (χ3v) is 3.93. The second kappa shape index (κ2) is 12.1. The number of amides is 2. The molecule has 2 amide bonds. The first-order valence-electron chi connectivity index (χ1n) is 8.22. The summed E-state index contributed by atoms with van der Waals surface area (Å²) in [5, 5.41) is 5.62. The molecular weight excluding hydrogens is 379 g/mol. The highest BCUT2D eigenvalue weighted by Crippen LogP contribution is 2.14. The van der Waals surface area contributed by atoms with Crippen molar-refractivity contribution in [1.82, 2.24) is 4.90 Å². The highest BCUT2D eigenvalue weighted by molar-refractivity contribution is 5.96. The number of nitrogens with zero attached hydrogens (tertiary/aromatic N) is 1. The summed E-state index contributed by atoms with van der Waals surface area (Å²) >= 11 is 0. The third-order valence-electron chi connectivity index (χ3n) is 3.93. The summed E-state index contributed by atoms with van der Waals surface area (Å²) < 4.78 is 5.26. The van der Waals surface area contributed by atoms with E-state index in [9.17, 15) is 9.59 Å². The van der Waals surface area contributed by atoms with Crippen molar-refractivity contribution in [3.63, 3.8) is 0 Å². The van der Waals surface area contributed by atoms with E-state index in [4.69, 9.17) is 10.5 Å². The molecule has 1 aromatic carbocycles. The minimum atomic E-state index is -0.544. The van der Waals surface area contributed by atoms with Gasteiger partial charge in [-0.2, -0.15) is 0 Å². The van der Waals surface area contributed by atoms with Crippen molar-refractivity contribution >= 4 is 48.0 Å². The molecule has 2 rings (SSSR count). The van der Waals surface area contributed by atoms with E-state index in [1.165, 1.54) is 0 Å². The summed E-state index contributed by atoms with van der Waals surface area (Å²) in [4.78, 5) is 26.0. The van der Waals surface area contributed by atoms with Gasteiger partial charge in [-0.1, -0.05) is 13.8 Å². The molecule has 148 valence electrons. The molecule has 1 fully saturated rings. The average Bonchev–Trinajstić information content (AvgIpc) is 2.56. The molecule has 1 aliphatic heterocycles. The third kappa shape index (κ3) is 7.88. The van der Waals surface area contributed by atoms with Gasteiger partial charge in [-0.15, -0.1) is 24.8 Å². The van der Waals surface area contributed by atoms with Crippen LogP contribution in [0.25, 0.3) is 0 Å². The van der Waals surface area contributed by atoms with Crippen LogP contribution in [0.15, 0.2) is 24.3 Å². The summed E-state index contributed by atoms with van der Waals surface area (Å²) in [6.45, 7) is 7.03. The van der Waals surface area contributed by atoms with Crippen molar-refractivity contribution in [2.45, 2.75) is 19.9 Å². The number of nitrogens with one attached hydrogen (secondary N) is 2. The molecule has 0 bridgehead atoms. The Bertz CT molecular complexity index is 564. The average molecular weight is 407 g/mol. The van der Waals surface area contributed by atoms with Crippen LogP contribution in [0.2, 0.25) is 0 Å². The van der Waals surface area contributed by atoms with E-state index in [2.05, 4.69) is 15.5 Å². The topological polar surface area (TPSA) is 96.7 Å². The van der Waals surface area contributed by atoms with Crippen molar-refractivity contribution in [3.05, 3.63) is 24.3 Å². The lowest BCUT2D eigenvalue weighted by Gasteiger charge is -2.25. The minimum absolute atomic E-state index is 0. The number of hydrogen-bond acceptors (Lipinski definition) is 5. The van der Waals surface area contributed by atoms with Crippen LogP contribution >= 0.6 is 24.8 Å². The number of ether oxygens (including phenoxy) is 1. The highest BCUT2D eigenvalue weighted by atomic mass is 35.5. The van der Waals surface area contributed by atoms with Gasteiger partial charge in [-0.3, -0.25) is 14.5 Å². The smallest absolute Gasteiger partial charge is 0.241 e. The fourth-order valence-corrected chi connectivity index (χ4v) is 2.33. The molecule has 7 nitrogen and oxygen atoms in total. The van der Waals surface area contributed by atoms with Crippen LogP contribution in [0.4, 0.5) is 11.4 Å². The number of morpholine rings is 1. The van der Waals surface area contributed by atoms with Gasteiger partial charge in [0.1, 0.15) is 0 Å². The first-order valence-corrected chi connectivity index (χ1v) is 8.22. The number of anilines is 2. The lowest BCUT2D eigenvalue weighted by Crippen LogP contribution is -2.41. The van der Waals surface area contributed by atoms with Crippen LogP contribution in [0.3, 0.4) is 0 Å². The Balaban J connectivity index is 0.00000312. The largest absolute Gasteiger partial charge is 0.379 e. The van der Waals surface area contributed by atoms with E-state index >= 15 is 0 Å². The van der Waals surface area contributed by atoms with Gasteiger partial charge < -0.3 is 21.1 Å². The Morgan fingerprint density at radius 2 is 1.58 bits per heavy atom. The molecule has 1 unspecified atom stereocenters. The molecule has 0 saturated carbocycles. The number of carbonyl (C=O) groups excluding carboxylic acids is 2. The van der Waals surface area contributed by atoms with E-state index in [0.29, 0.717) is 31.1 Å². The Hall–Kier alpha value is -1.38. The maximum Gasteiger partial charge on any atom is 0.241 e. The highest BCUT2D eigenvalue weighted by Gasteiger charge is 2.17. The van der Waals surface area contributed by atoms with Gasteiger partial charge in [0.2, 0.25) is 11.8 Å². The van der Waals surface area contributed by atoms with E-state index in [0.717, 1.165) is 13.1 Å². The Morgan fingerprint density at radius 3 is 2.08 bits per heavy atom. The van der Waals surface area contributed by atoms with Gasteiger partial charge in [0, 0.05) is 24.5 Å². The summed E-state index contributed by atoms with van der Waals surface area (Å²) in [6.07, 6.45) is 0. The molecule has 0 aliphatic carbocycles. The van der Waals surface area contributed by atoms with Crippen LogP contribution < -0.4 is 16.4 Å². The van der Waals surface area contributed by atoms with E-state index in [1.807, 2.05) is 13.8 Å². The molecule has 0 radical (unpaired) electrons. The normalized spacial score (nSPS) is 15.4. The van der Waals surface area contributed by atoms with E-state index in [1.54, 1.807) is 24.3 Å². The van der Waals surface area contributed by atoms with Crippen molar-refractivity contribution in [2.24, 2.45) is 11.7 Å². The first kappa shape index (κ1) is 24.6. The molecule has 1 saturated heterocycles. The number of halogens is 2. The predicted octanol–water partition coefficient (Wildman–Crippen LogP) is 1.72. The van der Waals surface area contributed by atoms with Gasteiger partial charge in [-0.05, 0) is 30.2 Å². The number of benzene rings is 1. The second-order valence-corrected chi connectivity index (χ2v) is 6.27. The van der Waals surface area contributed by atoms with Gasteiger partial charge in [0.25, 0.3) is 0 Å². The minimum Gasteiger partial charge on any atom is -0.379 e. The van der Waals surface area contributed by atoms with Crippen molar-refractivity contribution < 1.29 is 14.3 Å². The Labute approximate surface area is 166 Å². The van der Waals surface area contributed by atoms with Gasteiger partial charge in [-0.25, -0.2) is 0 Å². The van der Waals surface area contributed by atoms with Gasteiger partial charge in [0.05, 0.1) is 25.8 Å². The Kier molecular flexibility index (Phi) is 11.4. The van der Waals surface area contributed by atoms with Crippen molar-refractivity contribution in [3.8, 4) is 0 Å². The summed E-state index contributed by atoms with van der Waals surface area (Å²) in [5.41, 5.74) is 7.16. The molecule has 9 heteroatoms. The second-order valence-electron chi connectivity index (χ2n) is 6.27. The molecule has 1 heterocycles. The van der Waals surface area contributed by atoms with Gasteiger partial charge in [0.15, 0.2) is 0 Å². The quantitative estimate of drug-likeness (QED) is 0.668. The fraction of sp³-hybridized carbons (Fsp3) is 0.529. The van der Waals surface area contributed by atoms with Crippen molar-refractivity contribution in [1.29, 1.82) is 0 Å². The van der Waals surface area contributed by atoms with Crippen LogP contribution in [-0.4, -0.2) is 55.6 Å². The van der Waals surface area contributed by atoms with E-state index in [-0.39, 0.29) is 42.5 Å². The molecule has 1 atom stereocenters. The summed E-state index contributed by atoms with van der Waals surface area (Å²) in [6, 6.07) is 6.46. The molecular formula is C17H28Cl2N4O3. The van der Waals surface area contributed by atoms with Crippen LogP contribution in [0.1, 0.15) is 13.8 Å². The van der Waals surface area contributed by atoms with Crippen molar-refractivity contribution in [2.75, 3.05) is 43.5 Å². The predicted molar refractivity (Wildman–Crippen MR) is 108 cm³/mol. The lowest BCUT2D eigenvalue weighted by atomic mass is 10.0. The van der Waals surface area contributed by atoms with E-state index < -0.39 is 6.04 Å². The van der Waals surface area contributed by atoms with Crippen LogP contribution in [0.5, 0.6) is 0 Å². The molecule has 0 aromatic heterocycles. The number of hydrogen-bond donors (Lipinski definition) is 3. The summed E-state index contributed by atoms with van der Waals surface area (Å²) in [5.74, 6) is -0.201. The molecule has 26 heavy (non-hydrogen) atoms. The number of carbonyl (C=O) groups is 2. The number of rotatable bonds is 6.